The third kappa shape index (κ3) is 5.74. The number of nitrogens with zero attached hydrogens (tertiary/aromatic N) is 1. The van der Waals surface area contributed by atoms with E-state index in [1.54, 1.807) is 18.2 Å². The van der Waals surface area contributed by atoms with E-state index in [0.29, 0.717) is 40.4 Å². The molecule has 2 aromatic carbocycles. The first-order valence-electron chi connectivity index (χ1n) is 11.7. The van der Waals surface area contributed by atoms with Crippen molar-refractivity contribution in [1.82, 2.24) is 15.6 Å². The van der Waals surface area contributed by atoms with Gasteiger partial charge >= 0.3 is 0 Å². The maximum atomic E-state index is 13.2. The van der Waals surface area contributed by atoms with Crippen LogP contribution in [0.3, 0.4) is 0 Å². The number of H-pyrrole nitrogens is 1. The number of carbonyl (C=O) groups is 2. The summed E-state index contributed by atoms with van der Waals surface area (Å²) in [6, 6.07) is 8.75. The second-order valence-electron chi connectivity index (χ2n) is 8.82. The fourth-order valence-corrected chi connectivity index (χ4v) is 5.11. The van der Waals surface area contributed by atoms with Crippen molar-refractivity contribution >= 4 is 50.0 Å². The van der Waals surface area contributed by atoms with Gasteiger partial charge in [0.15, 0.2) is 0 Å². The van der Waals surface area contributed by atoms with E-state index in [2.05, 4.69) is 36.9 Å². The maximum Gasteiger partial charge on any atom is 0.294 e. The van der Waals surface area contributed by atoms with Crippen LogP contribution < -0.4 is 26.2 Å². The molecule has 1 fully saturated rings. The van der Waals surface area contributed by atoms with Gasteiger partial charge in [-0.1, -0.05) is 15.9 Å². The van der Waals surface area contributed by atoms with E-state index in [9.17, 15) is 24.5 Å². The molecule has 11 nitrogen and oxygen atoms in total. The smallest absolute Gasteiger partial charge is 0.294 e. The lowest BCUT2D eigenvalue weighted by Gasteiger charge is -2.31. The highest BCUT2D eigenvalue weighted by Gasteiger charge is 2.29. The lowest BCUT2D eigenvalue weighted by atomic mass is 9.90. The maximum absolute atomic E-state index is 13.2. The molecule has 2 atom stereocenters. The molecule has 0 bridgehead atoms. The zero-order valence-corrected chi connectivity index (χ0v) is 21.8. The van der Waals surface area contributed by atoms with Gasteiger partial charge in [0.1, 0.15) is 11.4 Å². The van der Waals surface area contributed by atoms with Crippen molar-refractivity contribution in [1.29, 1.82) is 0 Å². The highest BCUT2D eigenvalue weighted by atomic mass is 79.9. The van der Waals surface area contributed by atoms with Crippen LogP contribution in [0, 0.1) is 10.1 Å². The summed E-state index contributed by atoms with van der Waals surface area (Å²) in [5.41, 5.74) is 0.429. The number of nitrogens with one attached hydrogen (secondary N) is 4. The minimum Gasteiger partial charge on any atom is -0.497 e. The fourth-order valence-electron chi connectivity index (χ4n) is 4.67. The van der Waals surface area contributed by atoms with Crippen molar-refractivity contribution in [3.8, 4) is 5.75 Å². The van der Waals surface area contributed by atoms with Crippen LogP contribution in [0.25, 0.3) is 10.9 Å². The summed E-state index contributed by atoms with van der Waals surface area (Å²) in [6.45, 7) is 0. The monoisotopic (exact) mass is 571 g/mol. The number of aromatic nitrogens is 1. The second kappa shape index (κ2) is 11.0. The topological polar surface area (TPSA) is 155 Å². The first kappa shape index (κ1) is 26.1. The SMILES string of the molecule is CNC(=O)c1cc(Br)cc([N+](=O)[O-])c1N[C@@H]1CCC[C@H](NC(=O)c2cc(=O)[nH]c3ccc(OC)cc23)C1. The minimum atomic E-state index is -0.534. The Morgan fingerprint density at radius 1 is 1.11 bits per heavy atom. The summed E-state index contributed by atoms with van der Waals surface area (Å²) in [4.78, 5) is 51.8. The number of hydrogen-bond donors (Lipinski definition) is 4. The van der Waals surface area contributed by atoms with E-state index >= 15 is 0 Å². The Bertz CT molecular complexity index is 1440. The van der Waals surface area contributed by atoms with E-state index in [1.165, 1.54) is 32.4 Å². The Morgan fingerprint density at radius 2 is 1.86 bits per heavy atom. The number of nitro groups is 1. The second-order valence-corrected chi connectivity index (χ2v) is 9.74. The summed E-state index contributed by atoms with van der Waals surface area (Å²) in [7, 11) is 2.98. The molecule has 12 heteroatoms. The molecule has 1 aliphatic carbocycles. The van der Waals surface area contributed by atoms with Crippen molar-refractivity contribution in [2.75, 3.05) is 19.5 Å². The van der Waals surface area contributed by atoms with Gasteiger partial charge in [-0.15, -0.1) is 0 Å². The van der Waals surface area contributed by atoms with Crippen LogP contribution in [0.5, 0.6) is 5.75 Å². The minimum absolute atomic E-state index is 0.136. The first-order valence-corrected chi connectivity index (χ1v) is 12.5. The molecule has 0 unspecified atom stereocenters. The van der Waals surface area contributed by atoms with Crippen molar-refractivity contribution in [2.45, 2.75) is 37.8 Å². The van der Waals surface area contributed by atoms with Gasteiger partial charge < -0.3 is 25.7 Å². The summed E-state index contributed by atoms with van der Waals surface area (Å²) in [5.74, 6) is -0.293. The van der Waals surface area contributed by atoms with Gasteiger partial charge in [-0.2, -0.15) is 0 Å². The fraction of sp³-hybridized carbons (Fsp3) is 0.320. The van der Waals surface area contributed by atoms with Crippen molar-refractivity contribution in [3.63, 3.8) is 0 Å². The van der Waals surface area contributed by atoms with Crippen LogP contribution in [0.1, 0.15) is 46.4 Å². The largest absolute Gasteiger partial charge is 0.497 e. The van der Waals surface area contributed by atoms with Gasteiger partial charge in [0, 0.05) is 46.6 Å². The van der Waals surface area contributed by atoms with Gasteiger partial charge in [-0.3, -0.25) is 24.5 Å². The molecule has 4 rings (SSSR count). The first-order chi connectivity index (χ1) is 17.7. The molecule has 0 saturated heterocycles. The average Bonchev–Trinajstić information content (AvgIpc) is 2.88. The lowest BCUT2D eigenvalue weighted by Crippen LogP contribution is -2.42. The molecule has 0 spiro atoms. The molecular weight excluding hydrogens is 546 g/mol. The van der Waals surface area contributed by atoms with Crippen molar-refractivity contribution < 1.29 is 19.2 Å². The Balaban J connectivity index is 1.57. The number of aromatic amines is 1. The van der Waals surface area contributed by atoms with Gasteiger partial charge in [-0.05, 0) is 49.9 Å². The predicted octanol–water partition coefficient (Wildman–Crippen LogP) is 3.72. The molecule has 194 valence electrons. The Morgan fingerprint density at radius 3 is 2.57 bits per heavy atom. The number of halogens is 1. The van der Waals surface area contributed by atoms with Crippen LogP contribution in [0.2, 0.25) is 0 Å². The number of amides is 2. The van der Waals surface area contributed by atoms with Crippen molar-refractivity contribution in [3.05, 3.63) is 72.5 Å². The highest BCUT2D eigenvalue weighted by Crippen LogP contribution is 2.35. The Kier molecular flexibility index (Phi) is 7.77. The molecule has 1 heterocycles. The molecular formula is C25H26BrN5O6. The number of anilines is 1. The predicted molar refractivity (Wildman–Crippen MR) is 142 cm³/mol. The molecule has 0 aliphatic heterocycles. The zero-order chi connectivity index (χ0) is 26.7. The number of carbonyl (C=O) groups excluding carboxylic acids is 2. The molecule has 0 radical (unpaired) electrons. The normalized spacial score (nSPS) is 17.2. The quantitative estimate of drug-likeness (QED) is 0.248. The van der Waals surface area contributed by atoms with Gasteiger partial charge in [0.2, 0.25) is 5.56 Å². The van der Waals surface area contributed by atoms with Crippen LogP contribution in [0.15, 0.2) is 45.7 Å². The third-order valence-electron chi connectivity index (χ3n) is 6.40. The van der Waals surface area contributed by atoms with Crippen LogP contribution in [0.4, 0.5) is 11.4 Å². The van der Waals surface area contributed by atoms with E-state index in [-0.39, 0.29) is 34.6 Å². The standard InChI is InChI=1S/C25H26BrN5O6/c1-27-24(33)19-8-13(26)9-21(31(35)36)23(19)28-14-4-3-5-15(10-14)29-25(34)18-12-22(32)30-20-7-6-16(37-2)11-17(18)20/h6-9,11-12,14-15,28H,3-5,10H2,1-2H3,(H,27,33)(H,29,34)(H,30,32)/t14-,15+/m1/s1. The van der Waals surface area contributed by atoms with E-state index in [0.717, 1.165) is 6.42 Å². The van der Waals surface area contributed by atoms with Crippen LogP contribution in [-0.4, -0.2) is 48.0 Å². The van der Waals surface area contributed by atoms with Crippen molar-refractivity contribution in [2.24, 2.45) is 0 Å². The van der Waals surface area contributed by atoms with E-state index in [4.69, 9.17) is 4.74 Å². The molecule has 37 heavy (non-hydrogen) atoms. The number of ether oxygens (including phenoxy) is 1. The zero-order valence-electron chi connectivity index (χ0n) is 20.2. The summed E-state index contributed by atoms with van der Waals surface area (Å²) in [6.07, 6.45) is 2.65. The third-order valence-corrected chi connectivity index (χ3v) is 6.86. The summed E-state index contributed by atoms with van der Waals surface area (Å²) < 4.78 is 5.68. The Hall–Kier alpha value is -3.93. The molecule has 4 N–H and O–H groups in total. The van der Waals surface area contributed by atoms with Gasteiger partial charge in [-0.25, -0.2) is 0 Å². The number of fused-ring (bicyclic) bond motifs is 1. The molecule has 1 aromatic heterocycles. The number of nitro benzene ring substituents is 1. The molecule has 1 aliphatic rings. The number of rotatable bonds is 7. The van der Waals surface area contributed by atoms with E-state index in [1.807, 2.05) is 0 Å². The number of benzene rings is 2. The van der Waals surface area contributed by atoms with Crippen LogP contribution in [-0.2, 0) is 0 Å². The van der Waals surface area contributed by atoms with Gasteiger partial charge in [0.25, 0.3) is 17.5 Å². The lowest BCUT2D eigenvalue weighted by molar-refractivity contribution is -0.384. The number of pyridine rings is 1. The Labute approximate surface area is 220 Å². The number of methoxy groups -OCH3 is 1. The molecule has 3 aromatic rings. The van der Waals surface area contributed by atoms with Crippen LogP contribution >= 0.6 is 15.9 Å². The van der Waals surface area contributed by atoms with Gasteiger partial charge in [0.05, 0.1) is 23.2 Å². The van der Waals surface area contributed by atoms with E-state index < -0.39 is 22.3 Å². The summed E-state index contributed by atoms with van der Waals surface area (Å²) >= 11 is 3.24. The summed E-state index contributed by atoms with van der Waals surface area (Å²) in [5, 5.41) is 21.0. The molecule has 1 saturated carbocycles. The average molecular weight is 572 g/mol. The highest BCUT2D eigenvalue weighted by molar-refractivity contribution is 9.10. The number of hydrogen-bond acceptors (Lipinski definition) is 7. The molecule has 2 amide bonds.